The van der Waals surface area contributed by atoms with Crippen LogP contribution in [-0.2, 0) is 4.74 Å². The molecule has 1 aliphatic heterocycles. The largest absolute Gasteiger partial charge is 0.390 e. The van der Waals surface area contributed by atoms with E-state index in [1.165, 1.54) is 12.1 Å². The van der Waals surface area contributed by atoms with Crippen molar-refractivity contribution in [1.82, 2.24) is 4.98 Å². The van der Waals surface area contributed by atoms with Gasteiger partial charge in [0.2, 0.25) is 0 Å². The number of aromatic nitrogens is 1. The molecule has 26 heavy (non-hydrogen) atoms. The van der Waals surface area contributed by atoms with Crippen LogP contribution in [0.3, 0.4) is 0 Å². The first kappa shape index (κ1) is 17.4. The zero-order chi connectivity index (χ0) is 18.1. The predicted molar refractivity (Wildman–Crippen MR) is 99.8 cm³/mol. The molecule has 1 saturated carbocycles. The number of hydrogen-bond acceptors (Lipinski definition) is 3. The standard InChI is InChI=1S/C22H24FNO2/c1-22(25)12-17-14-26-10-9-20(17)21(22)8-7-19-6-5-16(13-24-19)15-3-2-4-18(23)11-15/h2-8,11,13,17,20-21,25H,9-10,12,14H2,1H3/b8-7+. The van der Waals surface area contributed by atoms with E-state index in [0.29, 0.717) is 11.8 Å². The third-order valence-electron chi connectivity index (χ3n) is 5.81. The van der Waals surface area contributed by atoms with Crippen LogP contribution in [0.15, 0.2) is 48.7 Å². The number of benzene rings is 1. The molecule has 1 aromatic carbocycles. The summed E-state index contributed by atoms with van der Waals surface area (Å²) in [7, 11) is 0. The third-order valence-corrected chi connectivity index (χ3v) is 5.81. The first-order valence-corrected chi connectivity index (χ1v) is 9.23. The third kappa shape index (κ3) is 3.44. The van der Waals surface area contributed by atoms with Gasteiger partial charge in [-0.25, -0.2) is 4.39 Å². The highest BCUT2D eigenvalue weighted by atomic mass is 19.1. The Balaban J connectivity index is 1.51. The number of hydrogen-bond donors (Lipinski definition) is 1. The van der Waals surface area contributed by atoms with Gasteiger partial charge in [-0.15, -0.1) is 0 Å². The van der Waals surface area contributed by atoms with E-state index in [2.05, 4.69) is 11.1 Å². The first-order valence-electron chi connectivity index (χ1n) is 9.23. The molecular formula is C22H24FNO2. The molecule has 1 aromatic heterocycles. The molecule has 2 aliphatic rings. The summed E-state index contributed by atoms with van der Waals surface area (Å²) in [4.78, 5) is 4.48. The van der Waals surface area contributed by atoms with Crippen LogP contribution in [0.1, 0.15) is 25.5 Å². The second kappa shape index (κ2) is 6.93. The minimum absolute atomic E-state index is 0.126. The molecule has 2 fully saturated rings. The summed E-state index contributed by atoms with van der Waals surface area (Å²) >= 11 is 0. The minimum Gasteiger partial charge on any atom is -0.390 e. The second-order valence-electron chi connectivity index (χ2n) is 7.72. The Morgan fingerprint density at radius 2 is 2.15 bits per heavy atom. The molecule has 0 bridgehead atoms. The van der Waals surface area contributed by atoms with Crippen molar-refractivity contribution in [3.63, 3.8) is 0 Å². The van der Waals surface area contributed by atoms with Gasteiger partial charge in [-0.05, 0) is 61.4 Å². The zero-order valence-corrected chi connectivity index (χ0v) is 14.9. The van der Waals surface area contributed by atoms with Gasteiger partial charge in [-0.3, -0.25) is 4.98 Å². The van der Waals surface area contributed by atoms with E-state index in [1.807, 2.05) is 31.2 Å². The van der Waals surface area contributed by atoms with Gasteiger partial charge in [0.15, 0.2) is 0 Å². The first-order chi connectivity index (χ1) is 12.5. The Bertz CT molecular complexity index is 800. The fourth-order valence-electron chi connectivity index (χ4n) is 4.52. The summed E-state index contributed by atoms with van der Waals surface area (Å²) in [6, 6.07) is 10.4. The average Bonchev–Trinajstić information content (AvgIpc) is 2.89. The highest BCUT2D eigenvalue weighted by Gasteiger charge is 2.49. The highest BCUT2D eigenvalue weighted by molar-refractivity contribution is 5.63. The van der Waals surface area contributed by atoms with Gasteiger partial charge in [0.1, 0.15) is 5.82 Å². The van der Waals surface area contributed by atoms with E-state index in [9.17, 15) is 9.50 Å². The maximum atomic E-state index is 13.4. The van der Waals surface area contributed by atoms with Gasteiger partial charge in [0, 0.05) is 30.9 Å². The Morgan fingerprint density at radius 3 is 2.92 bits per heavy atom. The van der Waals surface area contributed by atoms with Gasteiger partial charge < -0.3 is 9.84 Å². The van der Waals surface area contributed by atoms with Crippen LogP contribution in [0.4, 0.5) is 4.39 Å². The van der Waals surface area contributed by atoms with Crippen LogP contribution in [0, 0.1) is 23.6 Å². The lowest BCUT2D eigenvalue weighted by atomic mass is 9.82. The summed E-state index contributed by atoms with van der Waals surface area (Å²) < 4.78 is 18.9. The van der Waals surface area contributed by atoms with Gasteiger partial charge in [-0.1, -0.05) is 24.3 Å². The number of nitrogens with zero attached hydrogens (tertiary/aromatic N) is 1. The molecule has 136 valence electrons. The highest BCUT2D eigenvalue weighted by Crippen LogP contribution is 2.48. The van der Waals surface area contributed by atoms with Gasteiger partial charge in [-0.2, -0.15) is 0 Å². The Kier molecular flexibility index (Phi) is 4.63. The lowest BCUT2D eigenvalue weighted by molar-refractivity contribution is 0.0209. The van der Waals surface area contributed by atoms with Crippen molar-refractivity contribution in [2.45, 2.75) is 25.4 Å². The molecule has 1 N–H and O–H groups in total. The predicted octanol–water partition coefficient (Wildman–Crippen LogP) is 4.32. The molecule has 1 saturated heterocycles. The maximum absolute atomic E-state index is 13.4. The van der Waals surface area contributed by atoms with Gasteiger partial charge in [0.05, 0.1) is 11.3 Å². The monoisotopic (exact) mass is 353 g/mol. The maximum Gasteiger partial charge on any atom is 0.123 e. The van der Waals surface area contributed by atoms with Crippen LogP contribution < -0.4 is 0 Å². The van der Waals surface area contributed by atoms with E-state index in [4.69, 9.17) is 4.74 Å². The molecule has 4 rings (SSSR count). The smallest absolute Gasteiger partial charge is 0.123 e. The van der Waals surface area contributed by atoms with Crippen LogP contribution >= 0.6 is 0 Å². The van der Waals surface area contributed by atoms with Crippen LogP contribution in [0.2, 0.25) is 0 Å². The van der Waals surface area contributed by atoms with Gasteiger partial charge in [0.25, 0.3) is 0 Å². The lowest BCUT2D eigenvalue weighted by Gasteiger charge is -2.29. The zero-order valence-electron chi connectivity index (χ0n) is 14.9. The quantitative estimate of drug-likeness (QED) is 0.893. The molecule has 1 aliphatic carbocycles. The molecule has 0 spiro atoms. The van der Waals surface area contributed by atoms with Crippen molar-refractivity contribution in [3.8, 4) is 11.1 Å². The number of halogens is 1. The molecule has 4 atom stereocenters. The summed E-state index contributed by atoms with van der Waals surface area (Å²) in [5.74, 6) is 0.792. The van der Waals surface area contributed by atoms with Crippen molar-refractivity contribution in [1.29, 1.82) is 0 Å². The Labute approximate surface area is 153 Å². The molecule has 3 nitrogen and oxygen atoms in total. The SMILES string of the molecule is CC1(O)CC2COCCC2C1/C=C/c1ccc(-c2cccc(F)c2)cn1. The minimum atomic E-state index is -0.693. The summed E-state index contributed by atoms with van der Waals surface area (Å²) in [5, 5.41) is 10.8. The molecule has 0 radical (unpaired) electrons. The molecule has 2 aromatic rings. The summed E-state index contributed by atoms with van der Waals surface area (Å²) in [5.41, 5.74) is 1.85. The number of fused-ring (bicyclic) bond motifs is 1. The number of pyridine rings is 1. The van der Waals surface area contributed by atoms with Crippen molar-refractivity contribution < 1.29 is 14.2 Å². The number of ether oxygens (including phenoxy) is 1. The number of aliphatic hydroxyl groups is 1. The van der Waals surface area contributed by atoms with Crippen LogP contribution in [0.25, 0.3) is 17.2 Å². The Morgan fingerprint density at radius 1 is 1.27 bits per heavy atom. The topological polar surface area (TPSA) is 42.4 Å². The molecule has 0 amide bonds. The van der Waals surface area contributed by atoms with E-state index >= 15 is 0 Å². The average molecular weight is 353 g/mol. The molecule has 4 heteroatoms. The number of rotatable bonds is 3. The van der Waals surface area contributed by atoms with E-state index < -0.39 is 5.60 Å². The van der Waals surface area contributed by atoms with Gasteiger partial charge >= 0.3 is 0 Å². The van der Waals surface area contributed by atoms with Crippen molar-refractivity contribution in [3.05, 3.63) is 60.2 Å². The Hall–Kier alpha value is -2.04. The van der Waals surface area contributed by atoms with E-state index in [1.54, 1.807) is 12.3 Å². The van der Waals surface area contributed by atoms with Crippen LogP contribution in [0.5, 0.6) is 0 Å². The van der Waals surface area contributed by atoms with E-state index in [-0.39, 0.29) is 11.7 Å². The van der Waals surface area contributed by atoms with E-state index in [0.717, 1.165) is 42.9 Å². The fourth-order valence-corrected chi connectivity index (χ4v) is 4.52. The molecule has 4 unspecified atom stereocenters. The van der Waals surface area contributed by atoms with Crippen molar-refractivity contribution in [2.24, 2.45) is 17.8 Å². The summed E-state index contributed by atoms with van der Waals surface area (Å²) in [6.45, 7) is 3.47. The summed E-state index contributed by atoms with van der Waals surface area (Å²) in [6.07, 6.45) is 7.66. The molecular weight excluding hydrogens is 329 g/mol. The van der Waals surface area contributed by atoms with Crippen molar-refractivity contribution >= 4 is 6.08 Å². The lowest BCUT2D eigenvalue weighted by Crippen LogP contribution is -2.31. The normalized spacial score (nSPS) is 31.3. The van der Waals surface area contributed by atoms with Crippen molar-refractivity contribution in [2.75, 3.05) is 13.2 Å². The van der Waals surface area contributed by atoms with Crippen LogP contribution in [-0.4, -0.2) is 28.9 Å². The second-order valence-corrected chi connectivity index (χ2v) is 7.72. The fraction of sp³-hybridized carbons (Fsp3) is 0.409. The molecule has 2 heterocycles.